The number of methoxy groups -OCH3 is 1. The van der Waals surface area contributed by atoms with Crippen molar-refractivity contribution in [2.75, 3.05) is 12.4 Å². The number of hydrogen-bond acceptors (Lipinski definition) is 5. The number of carbonyl (C=O) groups is 1. The van der Waals surface area contributed by atoms with Gasteiger partial charge in [0.15, 0.2) is 5.16 Å². The van der Waals surface area contributed by atoms with Gasteiger partial charge < -0.3 is 10.1 Å². The van der Waals surface area contributed by atoms with Gasteiger partial charge >= 0.3 is 0 Å². The third kappa shape index (κ3) is 4.64. The number of amides is 1. The molecule has 1 amide bonds. The van der Waals surface area contributed by atoms with E-state index in [-0.39, 0.29) is 11.5 Å². The van der Waals surface area contributed by atoms with Crippen molar-refractivity contribution < 1.29 is 9.53 Å². The normalized spacial score (nSPS) is 11.9. The summed E-state index contributed by atoms with van der Waals surface area (Å²) in [5.74, 6) is 0.539. The molecule has 7 heteroatoms. The molecule has 3 aromatic carbocycles. The fourth-order valence-corrected chi connectivity index (χ4v) is 4.53. The smallest absolute Gasteiger partial charge is 0.266 e. The largest absolute Gasteiger partial charge is 0.497 e. The van der Waals surface area contributed by atoms with E-state index in [0.29, 0.717) is 27.5 Å². The molecule has 0 aliphatic heterocycles. The molecule has 0 aliphatic rings. The van der Waals surface area contributed by atoms with Crippen LogP contribution in [0.2, 0.25) is 0 Å². The van der Waals surface area contributed by atoms with Gasteiger partial charge in [-0.05, 0) is 68.3 Å². The van der Waals surface area contributed by atoms with Gasteiger partial charge in [0.1, 0.15) is 5.75 Å². The molecule has 1 aromatic heterocycles. The number of aromatic nitrogens is 2. The minimum atomic E-state index is -0.485. The summed E-state index contributed by atoms with van der Waals surface area (Å²) in [6, 6.07) is 20.3. The fraction of sp³-hybridized carbons (Fsp3) is 0.192. The molecule has 1 atom stereocenters. The number of nitrogens with one attached hydrogen (secondary N) is 1. The Morgan fingerprint density at radius 2 is 1.67 bits per heavy atom. The molecule has 168 valence electrons. The maximum atomic E-state index is 13.4. The van der Waals surface area contributed by atoms with Gasteiger partial charge in [-0.15, -0.1) is 0 Å². The minimum Gasteiger partial charge on any atom is -0.497 e. The molecule has 0 radical (unpaired) electrons. The number of carbonyl (C=O) groups excluding carboxylic acids is 1. The average molecular weight is 460 g/mol. The van der Waals surface area contributed by atoms with Crippen LogP contribution in [0.3, 0.4) is 0 Å². The predicted octanol–water partition coefficient (Wildman–Crippen LogP) is 5.13. The lowest BCUT2D eigenvalue weighted by Crippen LogP contribution is -2.26. The summed E-state index contributed by atoms with van der Waals surface area (Å²) in [4.78, 5) is 31.2. The van der Waals surface area contributed by atoms with E-state index in [4.69, 9.17) is 9.72 Å². The summed E-state index contributed by atoms with van der Waals surface area (Å²) in [7, 11) is 1.59. The number of hydrogen-bond donors (Lipinski definition) is 1. The first-order chi connectivity index (χ1) is 15.9. The summed E-state index contributed by atoms with van der Waals surface area (Å²) in [6.45, 7) is 5.74. The first-order valence-electron chi connectivity index (χ1n) is 10.6. The molecule has 0 saturated heterocycles. The molecule has 6 nitrogen and oxygen atoms in total. The van der Waals surface area contributed by atoms with E-state index in [1.165, 1.54) is 11.8 Å². The third-order valence-electron chi connectivity index (χ3n) is 5.46. The topological polar surface area (TPSA) is 73.2 Å². The Hall–Kier alpha value is -3.58. The van der Waals surface area contributed by atoms with E-state index in [0.717, 1.165) is 16.8 Å². The highest BCUT2D eigenvalue weighted by atomic mass is 32.2. The van der Waals surface area contributed by atoms with Crippen molar-refractivity contribution in [2.24, 2.45) is 0 Å². The van der Waals surface area contributed by atoms with Gasteiger partial charge in [-0.3, -0.25) is 14.2 Å². The molecule has 0 saturated carbocycles. The highest BCUT2D eigenvalue weighted by Gasteiger charge is 2.21. The summed E-state index contributed by atoms with van der Waals surface area (Å²) >= 11 is 1.25. The van der Waals surface area contributed by atoms with Gasteiger partial charge in [0.2, 0.25) is 5.91 Å². The molecule has 0 fully saturated rings. The monoisotopic (exact) mass is 459 g/mol. The molecule has 1 N–H and O–H groups in total. The lowest BCUT2D eigenvalue weighted by molar-refractivity contribution is -0.115. The van der Waals surface area contributed by atoms with Gasteiger partial charge in [0, 0.05) is 5.69 Å². The van der Waals surface area contributed by atoms with Gasteiger partial charge in [0.25, 0.3) is 5.56 Å². The molecule has 0 aliphatic carbocycles. The molecule has 33 heavy (non-hydrogen) atoms. The van der Waals surface area contributed by atoms with E-state index in [2.05, 4.69) is 5.32 Å². The first-order valence-corrected chi connectivity index (χ1v) is 11.5. The number of rotatable bonds is 6. The van der Waals surface area contributed by atoms with E-state index in [1.54, 1.807) is 35.9 Å². The molecule has 1 heterocycles. The van der Waals surface area contributed by atoms with Crippen LogP contribution in [0.1, 0.15) is 18.1 Å². The summed E-state index contributed by atoms with van der Waals surface area (Å²) in [6.07, 6.45) is 0. The molecule has 0 spiro atoms. The number of nitrogens with zero attached hydrogens (tertiary/aromatic N) is 2. The van der Waals surface area contributed by atoms with Gasteiger partial charge in [-0.25, -0.2) is 4.98 Å². The van der Waals surface area contributed by atoms with E-state index in [1.807, 2.05) is 63.2 Å². The van der Waals surface area contributed by atoms with Crippen molar-refractivity contribution >= 4 is 34.3 Å². The first kappa shape index (κ1) is 22.6. The minimum absolute atomic E-state index is 0.152. The highest BCUT2D eigenvalue weighted by Crippen LogP contribution is 2.27. The van der Waals surface area contributed by atoms with E-state index >= 15 is 0 Å². The Bertz CT molecular complexity index is 1360. The lowest BCUT2D eigenvalue weighted by Gasteiger charge is -2.18. The number of anilines is 1. The number of ether oxygens (including phenoxy) is 1. The second kappa shape index (κ2) is 9.50. The second-order valence-electron chi connectivity index (χ2n) is 7.77. The Balaban J connectivity index is 1.73. The van der Waals surface area contributed by atoms with Crippen LogP contribution in [0.25, 0.3) is 16.6 Å². The van der Waals surface area contributed by atoms with Gasteiger partial charge in [0.05, 0.1) is 29.0 Å². The number of fused-ring (bicyclic) bond motifs is 1. The fourth-order valence-electron chi connectivity index (χ4n) is 3.60. The quantitative estimate of drug-likeness (QED) is 0.320. The molecule has 4 rings (SSSR count). The Kier molecular flexibility index (Phi) is 6.51. The maximum absolute atomic E-state index is 13.4. The molecule has 0 bridgehead atoms. The van der Waals surface area contributed by atoms with Crippen molar-refractivity contribution in [3.63, 3.8) is 0 Å². The maximum Gasteiger partial charge on any atom is 0.266 e. The van der Waals surface area contributed by atoms with Crippen molar-refractivity contribution in [3.05, 3.63) is 88.2 Å². The highest BCUT2D eigenvalue weighted by molar-refractivity contribution is 8.00. The number of aryl methyl sites for hydroxylation is 2. The zero-order valence-electron chi connectivity index (χ0n) is 19.0. The van der Waals surface area contributed by atoms with Crippen LogP contribution < -0.4 is 15.6 Å². The van der Waals surface area contributed by atoms with Crippen LogP contribution in [0.5, 0.6) is 5.75 Å². The second-order valence-corrected chi connectivity index (χ2v) is 9.07. The van der Waals surface area contributed by atoms with Crippen molar-refractivity contribution in [3.8, 4) is 11.4 Å². The van der Waals surface area contributed by atoms with Crippen LogP contribution in [-0.4, -0.2) is 27.8 Å². The van der Waals surface area contributed by atoms with Gasteiger partial charge in [-0.1, -0.05) is 42.1 Å². The van der Waals surface area contributed by atoms with E-state index < -0.39 is 5.25 Å². The summed E-state index contributed by atoms with van der Waals surface area (Å²) in [5.41, 5.74) is 3.88. The zero-order valence-corrected chi connectivity index (χ0v) is 19.8. The van der Waals surface area contributed by atoms with Gasteiger partial charge in [-0.2, -0.15) is 0 Å². The standard InChI is InChI=1S/C26H25N3O3S/c1-16-8-7-9-17(2)23(16)28-24(30)18(3)33-26-27-22-11-6-5-10-21(22)25(31)29(26)19-12-14-20(32-4)15-13-19/h5-15,18H,1-4H3,(H,28,30). The van der Waals surface area contributed by atoms with Crippen LogP contribution in [0, 0.1) is 13.8 Å². The van der Waals surface area contributed by atoms with Crippen molar-refractivity contribution in [1.29, 1.82) is 0 Å². The zero-order chi connectivity index (χ0) is 23.5. The van der Waals surface area contributed by atoms with Crippen LogP contribution in [0.15, 0.2) is 76.7 Å². The number of benzene rings is 3. The third-order valence-corrected chi connectivity index (χ3v) is 6.51. The van der Waals surface area contributed by atoms with Crippen LogP contribution in [-0.2, 0) is 4.79 Å². The SMILES string of the molecule is COc1ccc(-n2c(SC(C)C(=O)Nc3c(C)cccc3C)nc3ccccc3c2=O)cc1. The number of thioether (sulfide) groups is 1. The van der Waals surface area contributed by atoms with E-state index in [9.17, 15) is 9.59 Å². The molecular formula is C26H25N3O3S. The molecular weight excluding hydrogens is 434 g/mol. The Morgan fingerprint density at radius 3 is 2.33 bits per heavy atom. The summed E-state index contributed by atoms with van der Waals surface area (Å²) in [5, 5.41) is 3.52. The Labute approximate surface area is 196 Å². The lowest BCUT2D eigenvalue weighted by atomic mass is 10.1. The molecule has 4 aromatic rings. The van der Waals surface area contributed by atoms with Crippen LogP contribution >= 0.6 is 11.8 Å². The average Bonchev–Trinajstić information content (AvgIpc) is 2.82. The Morgan fingerprint density at radius 1 is 1.00 bits per heavy atom. The predicted molar refractivity (Wildman–Crippen MR) is 134 cm³/mol. The van der Waals surface area contributed by atoms with Crippen molar-refractivity contribution in [2.45, 2.75) is 31.2 Å². The number of para-hydroxylation sites is 2. The molecule has 1 unspecified atom stereocenters. The summed E-state index contributed by atoms with van der Waals surface area (Å²) < 4.78 is 6.80. The van der Waals surface area contributed by atoms with Crippen LogP contribution in [0.4, 0.5) is 5.69 Å². The van der Waals surface area contributed by atoms with Crippen molar-refractivity contribution in [1.82, 2.24) is 9.55 Å².